The zero-order valence-electron chi connectivity index (χ0n) is 13.1. The Bertz CT molecular complexity index is 437. The lowest BCUT2D eigenvalue weighted by Crippen LogP contribution is -2.37. The van der Waals surface area contributed by atoms with Gasteiger partial charge in [-0.3, -0.25) is 4.90 Å². The summed E-state index contributed by atoms with van der Waals surface area (Å²) in [6, 6.07) is 7.13. The highest BCUT2D eigenvalue weighted by molar-refractivity contribution is 5.19. The Morgan fingerprint density at radius 3 is 2.71 bits per heavy atom. The van der Waals surface area contributed by atoms with Crippen LogP contribution in [0.3, 0.4) is 0 Å². The number of hydrogen-bond acceptors (Lipinski definition) is 3. The SMILES string of the molecule is CCN(CC)C1CCN(CCC(O)c2ccccc2F)C1. The van der Waals surface area contributed by atoms with Crippen LogP contribution in [0.4, 0.5) is 4.39 Å². The molecule has 0 bridgehead atoms. The molecule has 0 spiro atoms. The molecular formula is C17H27FN2O. The largest absolute Gasteiger partial charge is 0.388 e. The van der Waals surface area contributed by atoms with E-state index in [-0.39, 0.29) is 5.82 Å². The van der Waals surface area contributed by atoms with E-state index < -0.39 is 6.10 Å². The number of aliphatic hydroxyl groups excluding tert-OH is 1. The van der Waals surface area contributed by atoms with Gasteiger partial charge in [-0.2, -0.15) is 0 Å². The van der Waals surface area contributed by atoms with Gasteiger partial charge in [-0.15, -0.1) is 0 Å². The fourth-order valence-electron chi connectivity index (χ4n) is 3.26. The Labute approximate surface area is 127 Å². The van der Waals surface area contributed by atoms with Crippen LogP contribution in [0.15, 0.2) is 24.3 Å². The molecule has 1 saturated heterocycles. The minimum atomic E-state index is -0.710. The van der Waals surface area contributed by atoms with Crippen LogP contribution in [0, 0.1) is 5.82 Å². The summed E-state index contributed by atoms with van der Waals surface area (Å²) in [5.74, 6) is -0.313. The van der Waals surface area contributed by atoms with Crippen LogP contribution in [-0.2, 0) is 0 Å². The van der Waals surface area contributed by atoms with Gasteiger partial charge in [-0.1, -0.05) is 32.0 Å². The molecule has 0 saturated carbocycles. The maximum atomic E-state index is 13.6. The smallest absolute Gasteiger partial charge is 0.128 e. The van der Waals surface area contributed by atoms with Crippen LogP contribution in [0.25, 0.3) is 0 Å². The third-order valence-corrected chi connectivity index (χ3v) is 4.56. The normalized spacial score (nSPS) is 21.1. The van der Waals surface area contributed by atoms with E-state index in [9.17, 15) is 9.50 Å². The van der Waals surface area contributed by atoms with E-state index in [0.29, 0.717) is 18.0 Å². The number of halogens is 1. The summed E-state index contributed by atoms with van der Waals surface area (Å²) >= 11 is 0. The number of nitrogens with zero attached hydrogens (tertiary/aromatic N) is 2. The van der Waals surface area contributed by atoms with Gasteiger partial charge in [0.05, 0.1) is 6.10 Å². The maximum absolute atomic E-state index is 13.6. The van der Waals surface area contributed by atoms with Crippen LogP contribution in [0.5, 0.6) is 0 Å². The molecule has 1 N–H and O–H groups in total. The molecule has 0 aromatic heterocycles. The predicted molar refractivity (Wildman–Crippen MR) is 83.7 cm³/mol. The first-order valence-corrected chi connectivity index (χ1v) is 8.04. The van der Waals surface area contributed by atoms with E-state index in [4.69, 9.17) is 0 Å². The quantitative estimate of drug-likeness (QED) is 0.837. The number of rotatable bonds is 7. The number of benzene rings is 1. The van der Waals surface area contributed by atoms with Gasteiger partial charge in [0, 0.05) is 24.7 Å². The van der Waals surface area contributed by atoms with E-state index in [1.54, 1.807) is 18.2 Å². The molecule has 1 aromatic carbocycles. The topological polar surface area (TPSA) is 26.7 Å². The van der Waals surface area contributed by atoms with E-state index in [2.05, 4.69) is 23.6 Å². The van der Waals surface area contributed by atoms with Crippen molar-refractivity contribution in [3.05, 3.63) is 35.6 Å². The molecule has 2 unspecified atom stereocenters. The number of aliphatic hydroxyl groups is 1. The highest BCUT2D eigenvalue weighted by Crippen LogP contribution is 2.22. The molecule has 1 fully saturated rings. The lowest BCUT2D eigenvalue weighted by atomic mass is 10.1. The third kappa shape index (κ3) is 4.25. The third-order valence-electron chi connectivity index (χ3n) is 4.56. The molecule has 0 radical (unpaired) electrons. The molecule has 2 atom stereocenters. The Balaban J connectivity index is 1.80. The molecule has 4 heteroatoms. The van der Waals surface area contributed by atoms with Crippen molar-refractivity contribution in [2.24, 2.45) is 0 Å². The summed E-state index contributed by atoms with van der Waals surface area (Å²) in [6.07, 6.45) is 1.07. The standard InChI is InChI=1S/C17H27FN2O/c1-3-20(4-2)14-9-11-19(13-14)12-10-17(21)15-7-5-6-8-16(15)18/h5-8,14,17,21H,3-4,9-13H2,1-2H3. The number of likely N-dealkylation sites (tertiary alicyclic amines) is 1. The molecule has 21 heavy (non-hydrogen) atoms. The molecule has 2 rings (SSSR count). The highest BCUT2D eigenvalue weighted by Gasteiger charge is 2.26. The van der Waals surface area contributed by atoms with Gasteiger partial charge < -0.3 is 10.0 Å². The Hall–Kier alpha value is -0.970. The zero-order chi connectivity index (χ0) is 15.2. The van der Waals surface area contributed by atoms with Gasteiger partial charge >= 0.3 is 0 Å². The molecule has 0 aliphatic carbocycles. The van der Waals surface area contributed by atoms with E-state index >= 15 is 0 Å². The van der Waals surface area contributed by atoms with Gasteiger partial charge in [0.1, 0.15) is 5.82 Å². The van der Waals surface area contributed by atoms with Crippen molar-refractivity contribution >= 4 is 0 Å². The fourth-order valence-corrected chi connectivity index (χ4v) is 3.26. The number of hydrogen-bond donors (Lipinski definition) is 1. The monoisotopic (exact) mass is 294 g/mol. The first-order chi connectivity index (χ1) is 10.2. The second kappa shape index (κ2) is 7.87. The van der Waals surface area contributed by atoms with Crippen molar-refractivity contribution in [2.75, 3.05) is 32.7 Å². The van der Waals surface area contributed by atoms with Crippen molar-refractivity contribution in [3.63, 3.8) is 0 Å². The first kappa shape index (κ1) is 16.4. The summed E-state index contributed by atoms with van der Waals surface area (Å²) < 4.78 is 13.6. The second-order valence-electron chi connectivity index (χ2n) is 5.79. The van der Waals surface area contributed by atoms with E-state index in [1.165, 1.54) is 12.5 Å². The van der Waals surface area contributed by atoms with Crippen molar-refractivity contribution in [2.45, 2.75) is 38.8 Å². The Kier molecular flexibility index (Phi) is 6.15. The van der Waals surface area contributed by atoms with Gasteiger partial charge in [-0.05, 0) is 38.5 Å². The predicted octanol–water partition coefficient (Wildman–Crippen LogP) is 2.67. The molecule has 118 valence electrons. The molecule has 1 heterocycles. The molecule has 1 aliphatic rings. The van der Waals surface area contributed by atoms with E-state index in [1.807, 2.05) is 0 Å². The van der Waals surface area contributed by atoms with Crippen LogP contribution in [0.2, 0.25) is 0 Å². The molecule has 1 aromatic rings. The highest BCUT2D eigenvalue weighted by atomic mass is 19.1. The van der Waals surface area contributed by atoms with Gasteiger partial charge in [0.15, 0.2) is 0 Å². The van der Waals surface area contributed by atoms with Crippen LogP contribution < -0.4 is 0 Å². The van der Waals surface area contributed by atoms with Crippen LogP contribution in [-0.4, -0.2) is 53.7 Å². The minimum absolute atomic E-state index is 0.313. The lowest BCUT2D eigenvalue weighted by molar-refractivity contribution is 0.141. The summed E-state index contributed by atoms with van der Waals surface area (Å²) in [6.45, 7) is 9.55. The first-order valence-electron chi connectivity index (χ1n) is 8.04. The van der Waals surface area contributed by atoms with Crippen molar-refractivity contribution in [1.82, 2.24) is 9.80 Å². The average molecular weight is 294 g/mol. The van der Waals surface area contributed by atoms with Crippen molar-refractivity contribution in [3.8, 4) is 0 Å². The van der Waals surface area contributed by atoms with Gasteiger partial charge in [-0.25, -0.2) is 4.39 Å². The molecule has 1 aliphatic heterocycles. The van der Waals surface area contributed by atoms with Crippen molar-refractivity contribution in [1.29, 1.82) is 0 Å². The fraction of sp³-hybridized carbons (Fsp3) is 0.647. The summed E-state index contributed by atoms with van der Waals surface area (Å²) in [5.41, 5.74) is 0.414. The van der Waals surface area contributed by atoms with Crippen LogP contribution >= 0.6 is 0 Å². The lowest BCUT2D eigenvalue weighted by Gasteiger charge is -2.26. The molecule has 3 nitrogen and oxygen atoms in total. The minimum Gasteiger partial charge on any atom is -0.388 e. The summed E-state index contributed by atoms with van der Waals surface area (Å²) in [7, 11) is 0. The molecule has 0 amide bonds. The Morgan fingerprint density at radius 2 is 2.05 bits per heavy atom. The maximum Gasteiger partial charge on any atom is 0.128 e. The summed E-state index contributed by atoms with van der Waals surface area (Å²) in [5, 5.41) is 10.2. The Morgan fingerprint density at radius 1 is 1.33 bits per heavy atom. The average Bonchev–Trinajstić information content (AvgIpc) is 2.95. The number of likely N-dealkylation sites (N-methyl/N-ethyl adjacent to an activating group) is 1. The zero-order valence-corrected chi connectivity index (χ0v) is 13.1. The second-order valence-corrected chi connectivity index (χ2v) is 5.79. The van der Waals surface area contributed by atoms with Gasteiger partial charge in [0.25, 0.3) is 0 Å². The summed E-state index contributed by atoms with van der Waals surface area (Å²) in [4.78, 5) is 4.88. The molecular weight excluding hydrogens is 267 g/mol. The van der Waals surface area contributed by atoms with E-state index in [0.717, 1.165) is 32.7 Å². The van der Waals surface area contributed by atoms with Gasteiger partial charge in [0.2, 0.25) is 0 Å². The van der Waals surface area contributed by atoms with Crippen molar-refractivity contribution < 1.29 is 9.50 Å². The van der Waals surface area contributed by atoms with Crippen LogP contribution in [0.1, 0.15) is 38.4 Å².